The van der Waals surface area contributed by atoms with Crippen LogP contribution in [0.2, 0.25) is 0 Å². The van der Waals surface area contributed by atoms with E-state index in [1.807, 2.05) is 0 Å². The second kappa shape index (κ2) is 7.19. The zero-order chi connectivity index (χ0) is 17.9. The number of carbonyl (C=O) groups excluding carboxylic acids is 1. The van der Waals surface area contributed by atoms with Crippen molar-refractivity contribution < 1.29 is 32.3 Å². The van der Waals surface area contributed by atoms with E-state index in [0.717, 1.165) is 18.2 Å². The summed E-state index contributed by atoms with van der Waals surface area (Å²) in [5.41, 5.74) is -0.415. The van der Waals surface area contributed by atoms with Crippen LogP contribution < -0.4 is 5.32 Å². The van der Waals surface area contributed by atoms with E-state index in [4.69, 9.17) is 5.11 Å². The summed E-state index contributed by atoms with van der Waals surface area (Å²) in [6, 6.07) is 3.02. The van der Waals surface area contributed by atoms with Crippen LogP contribution in [0.25, 0.3) is 0 Å². The topological polar surface area (TPSA) is 66.4 Å². The highest BCUT2D eigenvalue weighted by atomic mass is 19.4. The quantitative estimate of drug-likeness (QED) is 0.802. The molecule has 1 aromatic carbocycles. The number of hydrogen-bond acceptors (Lipinski definition) is 2. The van der Waals surface area contributed by atoms with Crippen LogP contribution in [0.3, 0.4) is 0 Å². The minimum Gasteiger partial charge on any atom is -0.478 e. The lowest BCUT2D eigenvalue weighted by molar-refractivity contribution is -0.183. The fraction of sp³-hybridized carbons (Fsp3) is 0.500. The number of amides is 1. The van der Waals surface area contributed by atoms with Gasteiger partial charge in [0.05, 0.1) is 17.2 Å². The number of aromatic carboxylic acids is 1. The molecular formula is C16H17F4NO3. The van der Waals surface area contributed by atoms with Gasteiger partial charge in [0.1, 0.15) is 5.82 Å². The molecule has 0 aromatic heterocycles. The minimum atomic E-state index is -4.20. The van der Waals surface area contributed by atoms with Crippen molar-refractivity contribution in [1.82, 2.24) is 0 Å². The third-order valence-corrected chi connectivity index (χ3v) is 4.27. The number of carboxylic acid groups (broad SMARTS) is 1. The molecule has 2 N–H and O–H groups in total. The second-order valence-electron chi connectivity index (χ2n) is 6.01. The number of rotatable bonds is 4. The molecule has 2 rings (SSSR count). The summed E-state index contributed by atoms with van der Waals surface area (Å²) in [6.45, 7) is 0. The minimum absolute atomic E-state index is 0.00962. The van der Waals surface area contributed by atoms with Crippen molar-refractivity contribution in [2.75, 3.05) is 5.32 Å². The molecule has 1 saturated carbocycles. The number of hydrogen-bond donors (Lipinski definition) is 2. The van der Waals surface area contributed by atoms with Crippen LogP contribution in [0, 0.1) is 17.7 Å². The van der Waals surface area contributed by atoms with E-state index in [0.29, 0.717) is 0 Å². The standard InChI is InChI=1S/C16H17F4NO3/c17-12-6-3-10(15(23)24)8-13(12)21-14(22)7-9-1-4-11(5-2-9)16(18,19)20/h3,6,8-9,11H,1-2,4-5,7H2,(H,21,22)(H,23,24). The third kappa shape index (κ3) is 4.69. The van der Waals surface area contributed by atoms with Gasteiger partial charge in [0.25, 0.3) is 0 Å². The number of alkyl halides is 3. The molecule has 132 valence electrons. The molecule has 0 unspecified atom stereocenters. The number of halogens is 4. The molecule has 0 radical (unpaired) electrons. The summed E-state index contributed by atoms with van der Waals surface area (Å²) in [7, 11) is 0. The predicted octanol–water partition coefficient (Wildman–Crippen LogP) is 4.22. The maximum Gasteiger partial charge on any atom is 0.391 e. The highest BCUT2D eigenvalue weighted by molar-refractivity contribution is 5.94. The Morgan fingerprint density at radius 2 is 1.79 bits per heavy atom. The summed E-state index contributed by atoms with van der Waals surface area (Å²) in [4.78, 5) is 22.8. The number of carbonyl (C=O) groups is 2. The van der Waals surface area contributed by atoms with Crippen molar-refractivity contribution >= 4 is 17.6 Å². The van der Waals surface area contributed by atoms with Gasteiger partial charge in [0.15, 0.2) is 0 Å². The van der Waals surface area contributed by atoms with E-state index < -0.39 is 29.8 Å². The highest BCUT2D eigenvalue weighted by Gasteiger charge is 2.41. The van der Waals surface area contributed by atoms with E-state index in [-0.39, 0.29) is 49.3 Å². The molecule has 0 bridgehead atoms. The van der Waals surface area contributed by atoms with Crippen LogP contribution in [0.4, 0.5) is 23.2 Å². The maximum atomic E-state index is 13.6. The van der Waals surface area contributed by atoms with Gasteiger partial charge >= 0.3 is 12.1 Å². The zero-order valence-corrected chi connectivity index (χ0v) is 12.7. The molecule has 1 aliphatic carbocycles. The molecule has 0 spiro atoms. The van der Waals surface area contributed by atoms with Crippen LogP contribution in [-0.4, -0.2) is 23.2 Å². The summed E-state index contributed by atoms with van der Waals surface area (Å²) >= 11 is 0. The summed E-state index contributed by atoms with van der Waals surface area (Å²) in [5, 5.41) is 11.2. The molecule has 1 aromatic rings. The molecule has 1 amide bonds. The molecule has 8 heteroatoms. The smallest absolute Gasteiger partial charge is 0.391 e. The third-order valence-electron chi connectivity index (χ3n) is 4.27. The van der Waals surface area contributed by atoms with Crippen LogP contribution in [0.1, 0.15) is 42.5 Å². The Kier molecular flexibility index (Phi) is 5.46. The average molecular weight is 347 g/mol. The Morgan fingerprint density at radius 1 is 1.17 bits per heavy atom. The molecule has 0 saturated heterocycles. The molecule has 1 fully saturated rings. The number of benzene rings is 1. The lowest BCUT2D eigenvalue weighted by atomic mass is 9.80. The zero-order valence-electron chi connectivity index (χ0n) is 12.7. The first-order valence-electron chi connectivity index (χ1n) is 7.56. The Labute approximate surface area is 135 Å². The largest absolute Gasteiger partial charge is 0.478 e. The van der Waals surface area contributed by atoms with Gasteiger partial charge in [-0.2, -0.15) is 13.2 Å². The molecule has 4 nitrogen and oxygen atoms in total. The van der Waals surface area contributed by atoms with Crippen LogP contribution in [0.15, 0.2) is 18.2 Å². The molecule has 0 heterocycles. The fourth-order valence-corrected chi connectivity index (χ4v) is 2.91. The Morgan fingerprint density at radius 3 is 2.33 bits per heavy atom. The van der Waals surface area contributed by atoms with Gasteiger partial charge in [-0.1, -0.05) is 0 Å². The lowest BCUT2D eigenvalue weighted by Crippen LogP contribution is -2.29. The number of nitrogens with one attached hydrogen (secondary N) is 1. The van der Waals surface area contributed by atoms with Crippen molar-refractivity contribution in [1.29, 1.82) is 0 Å². The SMILES string of the molecule is O=C(CC1CCC(C(F)(F)F)CC1)Nc1cc(C(=O)O)ccc1F. The molecule has 0 aliphatic heterocycles. The van der Waals surface area contributed by atoms with Crippen molar-refractivity contribution in [3.05, 3.63) is 29.6 Å². The molecule has 1 aliphatic rings. The van der Waals surface area contributed by atoms with E-state index >= 15 is 0 Å². The Bertz CT molecular complexity index is 622. The first-order valence-corrected chi connectivity index (χ1v) is 7.56. The van der Waals surface area contributed by atoms with Crippen LogP contribution >= 0.6 is 0 Å². The highest BCUT2D eigenvalue weighted by Crippen LogP contribution is 2.40. The van der Waals surface area contributed by atoms with Crippen molar-refractivity contribution in [3.63, 3.8) is 0 Å². The van der Waals surface area contributed by atoms with Gasteiger partial charge in [-0.05, 0) is 49.8 Å². The van der Waals surface area contributed by atoms with Crippen LogP contribution in [-0.2, 0) is 4.79 Å². The Balaban J connectivity index is 1.91. The van der Waals surface area contributed by atoms with Crippen LogP contribution in [0.5, 0.6) is 0 Å². The monoisotopic (exact) mass is 347 g/mol. The molecular weight excluding hydrogens is 330 g/mol. The first kappa shape index (κ1) is 18.2. The van der Waals surface area contributed by atoms with Gasteiger partial charge in [-0.3, -0.25) is 4.79 Å². The maximum absolute atomic E-state index is 13.6. The van der Waals surface area contributed by atoms with Crippen molar-refractivity contribution in [2.24, 2.45) is 11.8 Å². The molecule has 0 atom stereocenters. The molecule has 24 heavy (non-hydrogen) atoms. The Hall–Kier alpha value is -2.12. The van der Waals surface area contributed by atoms with Gasteiger partial charge in [0, 0.05) is 6.42 Å². The summed E-state index contributed by atoms with van der Waals surface area (Å²) in [6.07, 6.45) is -3.66. The summed E-state index contributed by atoms with van der Waals surface area (Å²) < 4.78 is 51.4. The predicted molar refractivity (Wildman–Crippen MR) is 78.1 cm³/mol. The lowest BCUT2D eigenvalue weighted by Gasteiger charge is -2.29. The normalized spacial score (nSPS) is 21.3. The van der Waals surface area contributed by atoms with E-state index in [1.165, 1.54) is 0 Å². The average Bonchev–Trinajstić information content (AvgIpc) is 2.48. The number of anilines is 1. The van der Waals surface area contributed by atoms with Gasteiger partial charge in [-0.25, -0.2) is 9.18 Å². The fourth-order valence-electron chi connectivity index (χ4n) is 2.91. The van der Waals surface area contributed by atoms with Gasteiger partial charge in [0.2, 0.25) is 5.91 Å². The second-order valence-corrected chi connectivity index (χ2v) is 6.01. The van der Waals surface area contributed by atoms with E-state index in [1.54, 1.807) is 0 Å². The van der Waals surface area contributed by atoms with Crippen molar-refractivity contribution in [3.8, 4) is 0 Å². The van der Waals surface area contributed by atoms with Gasteiger partial charge in [-0.15, -0.1) is 0 Å². The van der Waals surface area contributed by atoms with Gasteiger partial charge < -0.3 is 10.4 Å². The van der Waals surface area contributed by atoms with Crippen molar-refractivity contribution in [2.45, 2.75) is 38.3 Å². The first-order chi connectivity index (χ1) is 11.2. The number of carboxylic acids is 1. The van der Waals surface area contributed by atoms with E-state index in [9.17, 15) is 27.2 Å². The van der Waals surface area contributed by atoms with E-state index in [2.05, 4.69) is 5.32 Å². The summed E-state index contributed by atoms with van der Waals surface area (Å²) in [5.74, 6) is -4.06.